The van der Waals surface area contributed by atoms with Gasteiger partial charge in [0.25, 0.3) is 0 Å². The Labute approximate surface area is 144 Å². The van der Waals surface area contributed by atoms with Gasteiger partial charge in [-0.3, -0.25) is 4.79 Å². The van der Waals surface area contributed by atoms with Crippen LogP contribution in [0.1, 0.15) is 73.1 Å². The quantitative estimate of drug-likeness (QED) is 0.203. The van der Waals surface area contributed by atoms with Gasteiger partial charge in [0.15, 0.2) is 0 Å². The maximum absolute atomic E-state index is 9.82. The summed E-state index contributed by atoms with van der Waals surface area (Å²) in [6, 6.07) is 0. The van der Waals surface area contributed by atoms with Gasteiger partial charge in [0, 0.05) is 6.92 Å². The summed E-state index contributed by atoms with van der Waals surface area (Å²) < 4.78 is 10.7. The minimum absolute atomic E-state index is 0.211. The molecule has 0 saturated carbocycles. The van der Waals surface area contributed by atoms with Gasteiger partial charge in [-0.2, -0.15) is 0 Å². The van der Waals surface area contributed by atoms with Crippen LogP contribution in [0, 0.1) is 0 Å². The van der Waals surface area contributed by atoms with Crippen molar-refractivity contribution in [3.63, 3.8) is 0 Å². The first-order chi connectivity index (χ1) is 10.5. The van der Waals surface area contributed by atoms with Crippen molar-refractivity contribution in [3.05, 3.63) is 12.7 Å². The predicted octanol–water partition coefficient (Wildman–Crippen LogP) is 6.59. The van der Waals surface area contributed by atoms with Crippen LogP contribution in [-0.2, 0) is 9.53 Å². The van der Waals surface area contributed by atoms with Gasteiger partial charge in [-0.05, 0) is 6.92 Å². The second-order valence-electron chi connectivity index (χ2n) is 6.23. The van der Waals surface area contributed by atoms with Crippen molar-refractivity contribution in [2.24, 2.45) is 0 Å². The molecule has 3 heteroatoms. The number of esters is 1. The molecule has 0 N–H and O–H groups in total. The molecule has 0 aliphatic carbocycles. The van der Waals surface area contributed by atoms with E-state index in [1.54, 1.807) is 20.2 Å². The Morgan fingerprint density at radius 1 is 0.955 bits per heavy atom. The van der Waals surface area contributed by atoms with Gasteiger partial charge in [-0.15, -0.1) is 0 Å². The smallest absolute Gasteiger partial charge is 0.302 e. The Balaban J connectivity index is 0. The molecule has 0 aromatic rings. The van der Waals surface area contributed by atoms with E-state index in [0.29, 0.717) is 6.61 Å². The number of carbonyl (C=O) groups is 1. The van der Waals surface area contributed by atoms with Crippen LogP contribution in [0.25, 0.3) is 0 Å². The Morgan fingerprint density at radius 2 is 1.36 bits per heavy atom. The minimum atomic E-state index is -1.78. The van der Waals surface area contributed by atoms with Crippen LogP contribution in [0.5, 0.6) is 0 Å². The van der Waals surface area contributed by atoms with Crippen LogP contribution in [0.4, 0.5) is 0 Å². The number of carbonyl (C=O) groups excluding carboxylic acids is 1. The number of hydrogen-bond acceptors (Lipinski definition) is 2. The Kier molecular flexibility index (Phi) is 19.2. The summed E-state index contributed by atoms with van der Waals surface area (Å²) in [5, 5.41) is 0. The molecule has 0 atom stereocenters. The third-order valence-electron chi connectivity index (χ3n) is 4.11. The van der Waals surface area contributed by atoms with Crippen LogP contribution in [0.3, 0.4) is 0 Å². The molecule has 0 aliphatic rings. The normalized spacial score (nSPS) is 10.6. The molecule has 0 unspecified atom stereocenters. The number of ether oxygens (including phenoxy) is 1. The molecule has 0 amide bonds. The summed E-state index contributed by atoms with van der Waals surface area (Å²) >= 11 is -1.78. The first-order valence-electron chi connectivity index (χ1n) is 9.26. The van der Waals surface area contributed by atoms with Crippen molar-refractivity contribution < 1.29 is 9.53 Å². The van der Waals surface area contributed by atoms with Crippen molar-refractivity contribution in [1.29, 1.82) is 0 Å². The Hall–Kier alpha value is 0.00870. The first kappa shape index (κ1) is 24.3. The third kappa shape index (κ3) is 14.9. The molecule has 0 bridgehead atoms. The maximum Gasteiger partial charge on any atom is 0.302 e. The summed E-state index contributed by atoms with van der Waals surface area (Å²) in [5.74, 6) is -0.211. The Bertz CT molecular complexity index is 242. The monoisotopic (exact) mass is 420 g/mol. The molecule has 0 aliphatic heterocycles. The van der Waals surface area contributed by atoms with Gasteiger partial charge in [0.05, 0.1) is 6.61 Å². The molecule has 0 fully saturated rings. The molecule has 0 saturated heterocycles. The zero-order valence-electron chi connectivity index (χ0n) is 15.9. The van der Waals surface area contributed by atoms with E-state index in [4.69, 9.17) is 0 Å². The number of hydrogen-bond donors (Lipinski definition) is 0. The topological polar surface area (TPSA) is 26.3 Å². The van der Waals surface area contributed by atoms with Crippen molar-refractivity contribution in [1.82, 2.24) is 0 Å². The summed E-state index contributed by atoms with van der Waals surface area (Å²) in [4.78, 5) is 9.82. The van der Waals surface area contributed by atoms with E-state index in [1.165, 1.54) is 49.9 Å². The predicted molar refractivity (Wildman–Crippen MR) is 102 cm³/mol. The average Bonchev–Trinajstić information content (AvgIpc) is 2.49. The van der Waals surface area contributed by atoms with E-state index < -0.39 is 18.4 Å². The van der Waals surface area contributed by atoms with E-state index in [2.05, 4.69) is 38.2 Å². The van der Waals surface area contributed by atoms with Crippen molar-refractivity contribution >= 4 is 24.3 Å². The van der Waals surface area contributed by atoms with Gasteiger partial charge in [0.2, 0.25) is 0 Å². The van der Waals surface area contributed by atoms with E-state index in [9.17, 15) is 4.79 Å². The van der Waals surface area contributed by atoms with Gasteiger partial charge >= 0.3 is 114 Å². The fourth-order valence-electron chi connectivity index (χ4n) is 2.85. The molecule has 0 radical (unpaired) electrons. The standard InChI is InChI=1S/C4H8O2.3C4H9.C3H5.Sn/c1-3-6-4(2)5;3*1-3-4-2;1-3-2;/h3H2,1-2H3;3*1,3-4H2,2H3;3H,1-2H2;. The van der Waals surface area contributed by atoms with Crippen LogP contribution in [-0.4, -0.2) is 31.0 Å². The van der Waals surface area contributed by atoms with Crippen molar-refractivity contribution in [2.45, 2.75) is 90.9 Å². The van der Waals surface area contributed by atoms with Crippen molar-refractivity contribution in [2.75, 3.05) is 6.61 Å². The number of rotatable bonds is 12. The van der Waals surface area contributed by atoms with E-state index >= 15 is 0 Å². The number of unbranched alkanes of at least 4 members (excludes halogenated alkanes) is 3. The van der Waals surface area contributed by atoms with Gasteiger partial charge in [-0.1, -0.05) is 0 Å². The minimum Gasteiger partial charge on any atom is -0.466 e. The molecule has 0 aromatic heterocycles. The Morgan fingerprint density at radius 3 is 1.55 bits per heavy atom. The van der Waals surface area contributed by atoms with Crippen LogP contribution in [0.15, 0.2) is 12.7 Å². The molecule has 0 spiro atoms. The molecule has 0 aromatic carbocycles. The van der Waals surface area contributed by atoms with E-state index in [-0.39, 0.29) is 5.97 Å². The van der Waals surface area contributed by atoms with E-state index in [1.807, 2.05) is 0 Å². The zero-order chi connectivity index (χ0) is 17.3. The SMILES string of the molecule is C=C[CH2][Sn]([CH2]CCC)([CH2]CCC)[CH2]CCC.CCOC(C)=O. The second-order valence-corrected chi connectivity index (χ2v) is 20.2. The van der Waals surface area contributed by atoms with Gasteiger partial charge < -0.3 is 4.74 Å². The first-order valence-corrected chi connectivity index (χ1v) is 17.3. The van der Waals surface area contributed by atoms with Crippen molar-refractivity contribution in [3.8, 4) is 0 Å². The molecule has 22 heavy (non-hydrogen) atoms. The average molecular weight is 419 g/mol. The van der Waals surface area contributed by atoms with Crippen LogP contribution in [0.2, 0.25) is 17.7 Å². The second kappa shape index (κ2) is 17.4. The maximum atomic E-state index is 9.82. The molecular formula is C19H40O2Sn. The summed E-state index contributed by atoms with van der Waals surface area (Å²) in [6.45, 7) is 14.7. The van der Waals surface area contributed by atoms with Crippen LogP contribution < -0.4 is 0 Å². The fraction of sp³-hybridized carbons (Fsp3) is 0.842. The largest absolute Gasteiger partial charge is 0.466 e. The summed E-state index contributed by atoms with van der Waals surface area (Å²) in [5.41, 5.74) is 0. The van der Waals surface area contributed by atoms with Crippen LogP contribution >= 0.6 is 0 Å². The third-order valence-corrected chi connectivity index (χ3v) is 19.5. The van der Waals surface area contributed by atoms with Gasteiger partial charge in [0.1, 0.15) is 0 Å². The fourth-order valence-corrected chi connectivity index (χ4v) is 17.9. The molecular weight excluding hydrogens is 379 g/mol. The summed E-state index contributed by atoms with van der Waals surface area (Å²) in [7, 11) is 0. The zero-order valence-corrected chi connectivity index (χ0v) is 18.7. The molecule has 2 nitrogen and oxygen atoms in total. The number of allylic oxidation sites excluding steroid dienone is 1. The van der Waals surface area contributed by atoms with E-state index in [0.717, 1.165) is 0 Å². The molecule has 132 valence electrons. The van der Waals surface area contributed by atoms with Gasteiger partial charge in [-0.25, -0.2) is 0 Å². The molecule has 0 rings (SSSR count). The summed E-state index contributed by atoms with van der Waals surface area (Å²) in [6.07, 6.45) is 10.8. The molecule has 0 heterocycles.